The number of amides is 1. The first kappa shape index (κ1) is 16.9. The predicted molar refractivity (Wildman–Crippen MR) is 99.8 cm³/mol. The molecule has 0 aliphatic carbocycles. The summed E-state index contributed by atoms with van der Waals surface area (Å²) in [5, 5.41) is 0. The summed E-state index contributed by atoms with van der Waals surface area (Å²) in [6.07, 6.45) is 3.35. The molecule has 8 nitrogen and oxygen atoms in total. The van der Waals surface area contributed by atoms with Crippen LogP contribution in [0.5, 0.6) is 0 Å². The summed E-state index contributed by atoms with van der Waals surface area (Å²) in [6.45, 7) is 3.94. The summed E-state index contributed by atoms with van der Waals surface area (Å²) in [7, 11) is 0. The zero-order valence-corrected chi connectivity index (χ0v) is 14.9. The van der Waals surface area contributed by atoms with Gasteiger partial charge in [-0.25, -0.2) is 9.97 Å². The summed E-state index contributed by atoms with van der Waals surface area (Å²) in [5.41, 5.74) is 9.38. The van der Waals surface area contributed by atoms with Crippen LogP contribution >= 0.6 is 0 Å². The zero-order chi connectivity index (χ0) is 19.1. The molecule has 0 radical (unpaired) electrons. The summed E-state index contributed by atoms with van der Waals surface area (Å²) in [4.78, 5) is 42.2. The number of hydrogen-bond acceptors (Lipinski definition) is 6. The van der Waals surface area contributed by atoms with Gasteiger partial charge in [-0.15, -0.1) is 0 Å². The largest absolute Gasteiger partial charge is 0.368 e. The minimum atomic E-state index is -0.400. The highest BCUT2D eigenvalue weighted by Gasteiger charge is 2.36. The van der Waals surface area contributed by atoms with E-state index in [0.29, 0.717) is 23.6 Å². The first-order valence-electron chi connectivity index (χ1n) is 8.53. The van der Waals surface area contributed by atoms with E-state index < -0.39 is 5.56 Å². The average molecular weight is 362 g/mol. The van der Waals surface area contributed by atoms with Gasteiger partial charge in [0.25, 0.3) is 11.5 Å². The Hall–Kier alpha value is -3.55. The fourth-order valence-electron chi connectivity index (χ4n) is 3.37. The average Bonchev–Trinajstić information content (AvgIpc) is 2.98. The second kappa shape index (κ2) is 6.31. The molecule has 0 bridgehead atoms. The van der Waals surface area contributed by atoms with Gasteiger partial charge >= 0.3 is 0 Å². The Labute approximate surface area is 155 Å². The fraction of sp³-hybridized carbons (Fsp3) is 0.211. The second-order valence-electron chi connectivity index (χ2n) is 6.52. The minimum Gasteiger partial charge on any atom is -0.368 e. The molecule has 0 aromatic carbocycles. The molecule has 3 aromatic heterocycles. The third-order valence-electron chi connectivity index (χ3n) is 4.75. The van der Waals surface area contributed by atoms with Crippen molar-refractivity contribution in [2.75, 3.05) is 5.73 Å². The molecule has 0 unspecified atom stereocenters. The van der Waals surface area contributed by atoms with Gasteiger partial charge in [-0.3, -0.25) is 14.6 Å². The van der Waals surface area contributed by atoms with E-state index in [4.69, 9.17) is 5.73 Å². The maximum Gasteiger partial charge on any atom is 0.260 e. The number of carbonyl (C=O) groups is 1. The van der Waals surface area contributed by atoms with Crippen LogP contribution in [0, 0.1) is 6.92 Å². The third-order valence-corrected chi connectivity index (χ3v) is 4.75. The highest BCUT2D eigenvalue weighted by Crippen LogP contribution is 2.37. The van der Waals surface area contributed by atoms with Crippen molar-refractivity contribution in [3.8, 4) is 11.3 Å². The maximum absolute atomic E-state index is 13.0. The molecule has 4 heterocycles. The first-order chi connectivity index (χ1) is 13.0. The van der Waals surface area contributed by atoms with Crippen LogP contribution in [0.15, 0.2) is 41.5 Å². The third kappa shape index (κ3) is 2.84. The number of H-pyrrole nitrogens is 1. The molecular formula is C19H18N6O2. The Morgan fingerprint density at radius 2 is 1.96 bits per heavy atom. The van der Waals surface area contributed by atoms with E-state index in [-0.39, 0.29) is 23.5 Å². The molecule has 0 fully saturated rings. The van der Waals surface area contributed by atoms with Crippen LogP contribution in [0.2, 0.25) is 0 Å². The van der Waals surface area contributed by atoms with Gasteiger partial charge in [0, 0.05) is 29.2 Å². The number of carbonyl (C=O) groups excluding carboxylic acids is 1. The Kier molecular flexibility index (Phi) is 3.95. The number of aromatic amines is 1. The predicted octanol–water partition coefficient (Wildman–Crippen LogP) is 1.83. The molecule has 1 amide bonds. The molecule has 0 spiro atoms. The highest BCUT2D eigenvalue weighted by atomic mass is 16.2. The number of nitrogens with one attached hydrogen (secondary N) is 1. The molecule has 1 aliphatic heterocycles. The lowest BCUT2D eigenvalue weighted by Crippen LogP contribution is -2.33. The van der Waals surface area contributed by atoms with E-state index in [1.54, 1.807) is 36.4 Å². The van der Waals surface area contributed by atoms with Crippen LogP contribution < -0.4 is 11.3 Å². The normalized spacial score (nSPS) is 15.6. The first-order valence-corrected chi connectivity index (χ1v) is 8.53. The van der Waals surface area contributed by atoms with E-state index in [1.807, 2.05) is 19.1 Å². The topological polar surface area (TPSA) is 118 Å². The number of hydrogen-bond donors (Lipinski definition) is 2. The molecule has 3 N–H and O–H groups in total. The summed E-state index contributed by atoms with van der Waals surface area (Å²) in [5.74, 6) is -0.198. The maximum atomic E-state index is 13.0. The Morgan fingerprint density at radius 3 is 2.67 bits per heavy atom. The molecular weight excluding hydrogens is 344 g/mol. The van der Waals surface area contributed by atoms with Crippen molar-refractivity contribution in [3.63, 3.8) is 0 Å². The van der Waals surface area contributed by atoms with Gasteiger partial charge in [0.2, 0.25) is 5.95 Å². The van der Waals surface area contributed by atoms with Crippen molar-refractivity contribution in [3.05, 3.63) is 69.5 Å². The van der Waals surface area contributed by atoms with Crippen molar-refractivity contribution in [2.24, 2.45) is 0 Å². The molecule has 8 heteroatoms. The minimum absolute atomic E-state index is 0.103. The van der Waals surface area contributed by atoms with E-state index >= 15 is 0 Å². The molecule has 27 heavy (non-hydrogen) atoms. The standard InChI is InChI=1S/C19H18N6O2/c1-10-3-4-13(17(26)22-10)18(27)25-9-14-15(11(25)2)23-19(20)24-16(14)12-5-7-21-8-6-12/h3-8,11H,9H2,1-2H3,(H,22,26)(H2,20,23,24)/t11-/m0/s1. The van der Waals surface area contributed by atoms with Gasteiger partial charge in [0.15, 0.2) is 0 Å². The van der Waals surface area contributed by atoms with Crippen molar-refractivity contribution in [1.29, 1.82) is 0 Å². The monoisotopic (exact) mass is 362 g/mol. The lowest BCUT2D eigenvalue weighted by molar-refractivity contribution is 0.0701. The number of anilines is 1. The summed E-state index contributed by atoms with van der Waals surface area (Å²) < 4.78 is 0. The Balaban J connectivity index is 1.77. The highest BCUT2D eigenvalue weighted by molar-refractivity contribution is 5.94. The SMILES string of the molecule is Cc1ccc(C(=O)N2Cc3c(-c4ccncc4)nc(N)nc3[C@@H]2C)c(=O)[nH]1. The van der Waals surface area contributed by atoms with Crippen molar-refractivity contribution < 1.29 is 4.79 Å². The Morgan fingerprint density at radius 1 is 1.22 bits per heavy atom. The summed E-state index contributed by atoms with van der Waals surface area (Å²) >= 11 is 0. The van der Waals surface area contributed by atoms with Gasteiger partial charge in [-0.1, -0.05) is 0 Å². The molecule has 136 valence electrons. The van der Waals surface area contributed by atoms with Crippen LogP contribution in [0.4, 0.5) is 5.95 Å². The van der Waals surface area contributed by atoms with Gasteiger partial charge in [-0.05, 0) is 38.1 Å². The second-order valence-corrected chi connectivity index (χ2v) is 6.52. The van der Waals surface area contributed by atoms with Crippen molar-refractivity contribution in [2.45, 2.75) is 26.4 Å². The van der Waals surface area contributed by atoms with Crippen LogP contribution in [-0.2, 0) is 6.54 Å². The Bertz CT molecular complexity index is 1090. The number of nitrogens with zero attached hydrogens (tertiary/aromatic N) is 4. The molecule has 0 saturated heterocycles. The number of nitrogens with two attached hydrogens (primary N) is 1. The van der Waals surface area contributed by atoms with Gasteiger partial charge in [0.05, 0.1) is 24.0 Å². The van der Waals surface area contributed by atoms with Crippen LogP contribution in [-0.4, -0.2) is 30.7 Å². The number of nitrogen functional groups attached to an aromatic ring is 1. The number of pyridine rings is 2. The van der Waals surface area contributed by atoms with E-state index in [2.05, 4.69) is 19.9 Å². The number of fused-ring (bicyclic) bond motifs is 1. The number of rotatable bonds is 2. The number of aromatic nitrogens is 4. The molecule has 4 rings (SSSR count). The van der Waals surface area contributed by atoms with E-state index in [9.17, 15) is 9.59 Å². The van der Waals surface area contributed by atoms with Crippen LogP contribution in [0.1, 0.15) is 40.3 Å². The van der Waals surface area contributed by atoms with Gasteiger partial charge in [0.1, 0.15) is 5.56 Å². The molecule has 3 aromatic rings. The van der Waals surface area contributed by atoms with Crippen molar-refractivity contribution >= 4 is 11.9 Å². The van der Waals surface area contributed by atoms with Crippen molar-refractivity contribution in [1.82, 2.24) is 24.8 Å². The molecule has 1 atom stereocenters. The van der Waals surface area contributed by atoms with Gasteiger partial charge < -0.3 is 15.6 Å². The fourth-order valence-corrected chi connectivity index (χ4v) is 3.37. The molecule has 1 aliphatic rings. The van der Waals surface area contributed by atoms with Gasteiger partial charge in [-0.2, -0.15) is 0 Å². The van der Waals surface area contributed by atoms with Crippen LogP contribution in [0.25, 0.3) is 11.3 Å². The number of aryl methyl sites for hydroxylation is 1. The van der Waals surface area contributed by atoms with Crippen LogP contribution in [0.3, 0.4) is 0 Å². The quantitative estimate of drug-likeness (QED) is 0.718. The van der Waals surface area contributed by atoms with E-state index in [0.717, 1.165) is 11.1 Å². The zero-order valence-electron chi connectivity index (χ0n) is 14.9. The smallest absolute Gasteiger partial charge is 0.260 e. The lowest BCUT2D eigenvalue weighted by atomic mass is 10.1. The summed E-state index contributed by atoms with van der Waals surface area (Å²) in [6, 6.07) is 6.61. The lowest BCUT2D eigenvalue weighted by Gasteiger charge is -2.21. The molecule has 0 saturated carbocycles. The van der Waals surface area contributed by atoms with E-state index in [1.165, 1.54) is 0 Å².